The summed E-state index contributed by atoms with van der Waals surface area (Å²) in [5, 5.41) is 0. The fourth-order valence-electron chi connectivity index (χ4n) is 3.59. The molecule has 3 aromatic carbocycles. The molecule has 0 aromatic heterocycles. The Morgan fingerprint density at radius 3 is 2.06 bits per heavy atom. The molecule has 4 rings (SSSR count). The number of ether oxygens (including phenoxy) is 1. The number of carbonyl (C=O) groups excluding carboxylic acids is 2. The summed E-state index contributed by atoms with van der Waals surface area (Å²) in [6.45, 7) is 0.343. The van der Waals surface area contributed by atoms with Crippen LogP contribution in [0.4, 0.5) is 0 Å². The fraction of sp³-hybridized carbons (Fsp3) is 0.154. The summed E-state index contributed by atoms with van der Waals surface area (Å²) >= 11 is 1.41. The molecule has 2 amide bonds. The van der Waals surface area contributed by atoms with Crippen LogP contribution in [0.25, 0.3) is 5.57 Å². The molecule has 0 atom stereocenters. The van der Waals surface area contributed by atoms with Gasteiger partial charge in [0.1, 0.15) is 5.75 Å². The van der Waals surface area contributed by atoms with E-state index in [9.17, 15) is 9.59 Å². The van der Waals surface area contributed by atoms with E-state index >= 15 is 0 Å². The lowest BCUT2D eigenvalue weighted by Gasteiger charge is -2.15. The average Bonchev–Trinajstić information content (AvgIpc) is 3.06. The lowest BCUT2D eigenvalue weighted by Crippen LogP contribution is -2.33. The van der Waals surface area contributed by atoms with Gasteiger partial charge in [-0.3, -0.25) is 14.5 Å². The molecule has 0 saturated carbocycles. The molecule has 5 heteroatoms. The molecule has 1 aliphatic heterocycles. The van der Waals surface area contributed by atoms with Crippen molar-refractivity contribution in [3.63, 3.8) is 0 Å². The van der Waals surface area contributed by atoms with Gasteiger partial charge in [-0.05, 0) is 23.6 Å². The summed E-state index contributed by atoms with van der Waals surface area (Å²) in [6.07, 6.45) is 0.619. The van der Waals surface area contributed by atoms with E-state index in [1.165, 1.54) is 16.7 Å². The number of nitrogens with zero attached hydrogens (tertiary/aromatic N) is 1. The van der Waals surface area contributed by atoms with E-state index in [-0.39, 0.29) is 11.8 Å². The van der Waals surface area contributed by atoms with Crippen LogP contribution in [0.3, 0.4) is 0 Å². The SMILES string of the molecule is COc1ccccc1C1=C(SCc2ccccc2)C(=O)N(CCc2ccccc2)C1=O. The van der Waals surface area contributed by atoms with E-state index in [0.717, 1.165) is 11.1 Å². The van der Waals surface area contributed by atoms with E-state index in [0.29, 0.717) is 40.5 Å². The zero-order chi connectivity index (χ0) is 21.6. The van der Waals surface area contributed by atoms with Crippen molar-refractivity contribution in [3.8, 4) is 5.75 Å². The summed E-state index contributed by atoms with van der Waals surface area (Å²) in [5.41, 5.74) is 3.27. The molecule has 0 radical (unpaired) electrons. The zero-order valence-corrected chi connectivity index (χ0v) is 18.1. The molecule has 1 aliphatic rings. The van der Waals surface area contributed by atoms with Gasteiger partial charge in [-0.1, -0.05) is 78.9 Å². The van der Waals surface area contributed by atoms with Gasteiger partial charge in [-0.15, -0.1) is 11.8 Å². The first-order valence-corrected chi connectivity index (χ1v) is 11.1. The Labute approximate surface area is 186 Å². The number of imide groups is 1. The topological polar surface area (TPSA) is 46.6 Å². The second kappa shape index (κ2) is 9.67. The number of amides is 2. The van der Waals surface area contributed by atoms with Crippen molar-refractivity contribution >= 4 is 29.1 Å². The van der Waals surface area contributed by atoms with Gasteiger partial charge in [0.25, 0.3) is 11.8 Å². The first kappa shape index (κ1) is 20.9. The normalized spacial score (nSPS) is 13.8. The number of hydrogen-bond donors (Lipinski definition) is 0. The maximum Gasteiger partial charge on any atom is 0.268 e. The molecule has 0 spiro atoms. The summed E-state index contributed by atoms with van der Waals surface area (Å²) in [5.74, 6) is 0.700. The van der Waals surface area contributed by atoms with Gasteiger partial charge in [0.05, 0.1) is 17.6 Å². The van der Waals surface area contributed by atoms with Crippen molar-refractivity contribution in [2.45, 2.75) is 12.2 Å². The summed E-state index contributed by atoms with van der Waals surface area (Å²) in [4.78, 5) is 28.6. The third-order valence-corrected chi connectivity index (χ3v) is 6.34. The fourth-order valence-corrected chi connectivity index (χ4v) is 4.67. The Hall–Kier alpha value is -3.31. The number of carbonyl (C=O) groups is 2. The highest BCUT2D eigenvalue weighted by atomic mass is 32.2. The molecule has 3 aromatic rings. The number of rotatable bonds is 8. The molecule has 0 N–H and O–H groups in total. The minimum atomic E-state index is -0.263. The van der Waals surface area contributed by atoms with Gasteiger partial charge in [-0.2, -0.15) is 0 Å². The van der Waals surface area contributed by atoms with E-state index < -0.39 is 0 Å². The van der Waals surface area contributed by atoms with Gasteiger partial charge < -0.3 is 4.74 Å². The van der Waals surface area contributed by atoms with Gasteiger partial charge >= 0.3 is 0 Å². The van der Waals surface area contributed by atoms with Crippen molar-refractivity contribution < 1.29 is 14.3 Å². The van der Waals surface area contributed by atoms with Crippen molar-refractivity contribution in [3.05, 3.63) is 107 Å². The van der Waals surface area contributed by atoms with Crippen LogP contribution in [0.15, 0.2) is 89.8 Å². The van der Waals surface area contributed by atoms with Gasteiger partial charge in [0.2, 0.25) is 0 Å². The van der Waals surface area contributed by atoms with Gasteiger partial charge in [-0.25, -0.2) is 0 Å². The maximum atomic E-state index is 13.4. The van der Waals surface area contributed by atoms with Crippen molar-refractivity contribution in [1.82, 2.24) is 4.90 Å². The van der Waals surface area contributed by atoms with Crippen LogP contribution >= 0.6 is 11.8 Å². The Balaban J connectivity index is 1.65. The first-order chi connectivity index (χ1) is 15.2. The largest absolute Gasteiger partial charge is 0.496 e. The molecular formula is C26H23NO3S. The number of methoxy groups -OCH3 is 1. The standard InChI is InChI=1S/C26H23NO3S/c1-30-22-15-9-8-14-21(22)23-24(31-18-20-12-6-3-7-13-20)26(29)27(25(23)28)17-16-19-10-4-2-5-11-19/h2-15H,16-18H2,1H3. The van der Waals surface area contributed by atoms with Crippen molar-refractivity contribution in [1.29, 1.82) is 0 Å². The molecule has 0 aliphatic carbocycles. The molecule has 0 saturated heterocycles. The third-order valence-electron chi connectivity index (χ3n) is 5.19. The molecule has 0 fully saturated rings. The number of para-hydroxylation sites is 1. The van der Waals surface area contributed by atoms with Gasteiger partial charge in [0, 0.05) is 17.9 Å². The Kier molecular flexibility index (Phi) is 6.53. The van der Waals surface area contributed by atoms with E-state index in [1.807, 2.05) is 84.9 Å². The highest BCUT2D eigenvalue weighted by Gasteiger charge is 2.39. The summed E-state index contributed by atoms with van der Waals surface area (Å²) in [7, 11) is 1.57. The van der Waals surface area contributed by atoms with Crippen LogP contribution in [0.2, 0.25) is 0 Å². The monoisotopic (exact) mass is 429 g/mol. The molecule has 156 valence electrons. The van der Waals surface area contributed by atoms with E-state index in [1.54, 1.807) is 7.11 Å². The Morgan fingerprint density at radius 1 is 0.774 bits per heavy atom. The Bertz CT molecular complexity index is 1110. The lowest BCUT2D eigenvalue weighted by atomic mass is 10.0. The predicted octanol–water partition coefficient (Wildman–Crippen LogP) is 4.95. The maximum absolute atomic E-state index is 13.4. The molecular weight excluding hydrogens is 406 g/mol. The van der Waals surface area contributed by atoms with Crippen LogP contribution in [-0.2, 0) is 21.8 Å². The van der Waals surface area contributed by atoms with Gasteiger partial charge in [0.15, 0.2) is 0 Å². The molecule has 4 nitrogen and oxygen atoms in total. The second-order valence-corrected chi connectivity index (χ2v) is 8.16. The minimum absolute atomic E-state index is 0.234. The zero-order valence-electron chi connectivity index (χ0n) is 17.3. The highest BCUT2D eigenvalue weighted by molar-refractivity contribution is 8.03. The van der Waals surface area contributed by atoms with E-state index in [2.05, 4.69) is 0 Å². The molecule has 0 bridgehead atoms. The number of benzene rings is 3. The minimum Gasteiger partial charge on any atom is -0.496 e. The predicted molar refractivity (Wildman–Crippen MR) is 125 cm³/mol. The van der Waals surface area contributed by atoms with Crippen LogP contribution < -0.4 is 4.74 Å². The molecule has 1 heterocycles. The Morgan fingerprint density at radius 2 is 1.39 bits per heavy atom. The average molecular weight is 430 g/mol. The summed E-state index contributed by atoms with van der Waals surface area (Å²) < 4.78 is 5.49. The van der Waals surface area contributed by atoms with Crippen molar-refractivity contribution in [2.24, 2.45) is 0 Å². The van der Waals surface area contributed by atoms with Crippen molar-refractivity contribution in [2.75, 3.05) is 13.7 Å². The third kappa shape index (κ3) is 4.57. The molecule has 31 heavy (non-hydrogen) atoms. The summed E-state index contributed by atoms with van der Waals surface area (Å²) in [6, 6.07) is 27.2. The first-order valence-electron chi connectivity index (χ1n) is 10.1. The molecule has 0 unspecified atom stereocenters. The van der Waals surface area contributed by atoms with Crippen LogP contribution in [0, 0.1) is 0 Å². The number of hydrogen-bond acceptors (Lipinski definition) is 4. The lowest BCUT2D eigenvalue weighted by molar-refractivity contribution is -0.136. The smallest absolute Gasteiger partial charge is 0.268 e. The van der Waals surface area contributed by atoms with Crippen LogP contribution in [-0.4, -0.2) is 30.4 Å². The van der Waals surface area contributed by atoms with Crippen LogP contribution in [0.1, 0.15) is 16.7 Å². The van der Waals surface area contributed by atoms with E-state index in [4.69, 9.17) is 4.74 Å². The van der Waals surface area contributed by atoms with Crippen LogP contribution in [0.5, 0.6) is 5.75 Å². The second-order valence-electron chi connectivity index (χ2n) is 7.18. The number of thioether (sulfide) groups is 1. The quantitative estimate of drug-likeness (QED) is 0.475. The highest BCUT2D eigenvalue weighted by Crippen LogP contribution is 2.40.